The van der Waals surface area contributed by atoms with Crippen LogP contribution in [0.5, 0.6) is 5.75 Å². The first-order chi connectivity index (χ1) is 10.8. The minimum absolute atomic E-state index is 0.103. The largest absolute Gasteiger partial charge is 0.505 e. The fraction of sp³-hybridized carbons (Fsp3) is 0.200. The van der Waals surface area contributed by atoms with Gasteiger partial charge in [0.25, 0.3) is 0 Å². The molecule has 122 valence electrons. The van der Waals surface area contributed by atoms with Crippen LogP contribution in [-0.2, 0) is 15.7 Å². The van der Waals surface area contributed by atoms with Gasteiger partial charge in [-0.2, -0.15) is 0 Å². The number of aryl methyl sites for hydroxylation is 2. The van der Waals surface area contributed by atoms with Crippen LogP contribution in [0.3, 0.4) is 0 Å². The summed E-state index contributed by atoms with van der Waals surface area (Å²) in [7, 11) is -4.62. The Morgan fingerprint density at radius 1 is 1.30 bits per heavy atom. The van der Waals surface area contributed by atoms with Gasteiger partial charge in [0, 0.05) is 23.5 Å². The van der Waals surface area contributed by atoms with E-state index in [1.165, 1.54) is 12.4 Å². The van der Waals surface area contributed by atoms with Crippen molar-refractivity contribution in [3.8, 4) is 5.75 Å². The lowest BCUT2D eigenvalue weighted by atomic mass is 10.1. The van der Waals surface area contributed by atoms with Gasteiger partial charge in [0.1, 0.15) is 5.75 Å². The number of hydrogen-bond acceptors (Lipinski definition) is 5. The van der Waals surface area contributed by atoms with E-state index in [1.54, 1.807) is 6.92 Å². The number of para-hydroxylation sites is 1. The van der Waals surface area contributed by atoms with Crippen LogP contribution in [0.4, 0.5) is 5.69 Å². The first-order valence-corrected chi connectivity index (χ1v) is 8.28. The Balaban J connectivity index is 2.38. The number of hydrogen-bond donors (Lipinski definition) is 3. The molecule has 1 aromatic carbocycles. The predicted octanol–water partition coefficient (Wildman–Crippen LogP) is 2.76. The van der Waals surface area contributed by atoms with Gasteiger partial charge >= 0.3 is 7.82 Å². The second kappa shape index (κ2) is 7.02. The number of benzene rings is 1. The molecular formula is C15H17N2O5P. The molecule has 23 heavy (non-hydrogen) atoms. The number of rotatable bonds is 5. The lowest BCUT2D eigenvalue weighted by molar-refractivity contribution is 0.188. The van der Waals surface area contributed by atoms with E-state index < -0.39 is 7.82 Å². The van der Waals surface area contributed by atoms with Crippen molar-refractivity contribution in [1.29, 1.82) is 0 Å². The van der Waals surface area contributed by atoms with Crippen molar-refractivity contribution in [2.45, 2.75) is 20.5 Å². The summed E-state index contributed by atoms with van der Waals surface area (Å²) in [5, 5.41) is 10.2. The fourth-order valence-electron chi connectivity index (χ4n) is 1.91. The van der Waals surface area contributed by atoms with Crippen molar-refractivity contribution in [1.82, 2.24) is 4.98 Å². The molecule has 0 fully saturated rings. The third-order valence-electron chi connectivity index (χ3n) is 3.19. The molecular weight excluding hydrogens is 319 g/mol. The average Bonchev–Trinajstić information content (AvgIpc) is 2.48. The molecule has 2 aromatic rings. The molecule has 0 aliphatic heterocycles. The number of aliphatic imine (C=N–C) groups is 1. The molecule has 0 amide bonds. The Hall–Kier alpha value is -2.05. The third kappa shape index (κ3) is 4.71. The van der Waals surface area contributed by atoms with Crippen LogP contribution >= 0.6 is 7.82 Å². The number of phosphoric acid groups is 1. The highest BCUT2D eigenvalue weighted by atomic mass is 31.2. The van der Waals surface area contributed by atoms with E-state index in [0.29, 0.717) is 16.8 Å². The molecule has 0 aliphatic carbocycles. The maximum Gasteiger partial charge on any atom is 0.469 e. The van der Waals surface area contributed by atoms with Gasteiger partial charge < -0.3 is 14.9 Å². The lowest BCUT2D eigenvalue weighted by Gasteiger charge is -2.10. The van der Waals surface area contributed by atoms with Gasteiger partial charge in [0.15, 0.2) is 0 Å². The molecule has 0 atom stereocenters. The van der Waals surface area contributed by atoms with Crippen molar-refractivity contribution in [3.63, 3.8) is 0 Å². The zero-order valence-corrected chi connectivity index (χ0v) is 13.6. The first kappa shape index (κ1) is 17.3. The van der Waals surface area contributed by atoms with E-state index in [2.05, 4.69) is 14.5 Å². The highest BCUT2D eigenvalue weighted by Gasteiger charge is 2.17. The molecule has 0 saturated heterocycles. The van der Waals surface area contributed by atoms with Gasteiger partial charge in [0.05, 0.1) is 18.0 Å². The van der Waals surface area contributed by atoms with Crippen molar-refractivity contribution in [2.75, 3.05) is 0 Å². The topological polar surface area (TPSA) is 112 Å². The molecule has 1 heterocycles. The number of aromatic nitrogens is 1. The van der Waals surface area contributed by atoms with Gasteiger partial charge in [-0.3, -0.25) is 14.5 Å². The van der Waals surface area contributed by atoms with Crippen molar-refractivity contribution >= 4 is 19.7 Å². The van der Waals surface area contributed by atoms with Crippen LogP contribution in [0, 0.1) is 13.8 Å². The third-order valence-corrected chi connectivity index (χ3v) is 3.66. The quantitative estimate of drug-likeness (QED) is 0.572. The van der Waals surface area contributed by atoms with Crippen LogP contribution < -0.4 is 0 Å². The normalized spacial score (nSPS) is 12.0. The van der Waals surface area contributed by atoms with E-state index in [0.717, 1.165) is 11.3 Å². The summed E-state index contributed by atoms with van der Waals surface area (Å²) in [4.78, 5) is 25.9. The summed E-state index contributed by atoms with van der Waals surface area (Å²) in [6.07, 6.45) is 2.83. The Kier molecular flexibility index (Phi) is 5.28. The summed E-state index contributed by atoms with van der Waals surface area (Å²) in [5.74, 6) is -0.103. The zero-order chi connectivity index (χ0) is 17.0. The summed E-state index contributed by atoms with van der Waals surface area (Å²) in [5.41, 5.74) is 2.71. The molecule has 1 aromatic heterocycles. The van der Waals surface area contributed by atoms with Crippen LogP contribution in [0.25, 0.3) is 0 Å². The molecule has 0 unspecified atom stereocenters. The average molecular weight is 336 g/mol. The second-order valence-corrected chi connectivity index (χ2v) is 6.18. The minimum atomic E-state index is -4.62. The number of pyridine rings is 1. The van der Waals surface area contributed by atoms with Crippen LogP contribution in [-0.4, -0.2) is 26.1 Å². The summed E-state index contributed by atoms with van der Waals surface area (Å²) >= 11 is 0. The number of nitrogens with zero attached hydrogens (tertiary/aromatic N) is 2. The van der Waals surface area contributed by atoms with Crippen LogP contribution in [0.15, 0.2) is 35.5 Å². The first-order valence-electron chi connectivity index (χ1n) is 6.75. The Labute approximate surface area is 133 Å². The van der Waals surface area contributed by atoms with Crippen molar-refractivity contribution < 1.29 is 24.0 Å². The SMILES string of the molecule is Cc1ccccc1N=Cc1c(COP(=O)(O)O)cnc(C)c1O. The molecule has 0 aliphatic rings. The minimum Gasteiger partial charge on any atom is -0.505 e. The van der Waals surface area contributed by atoms with Crippen LogP contribution in [0.2, 0.25) is 0 Å². The van der Waals surface area contributed by atoms with E-state index in [-0.39, 0.29) is 12.4 Å². The van der Waals surface area contributed by atoms with E-state index in [1.807, 2.05) is 31.2 Å². The number of aromatic hydroxyl groups is 1. The lowest BCUT2D eigenvalue weighted by Crippen LogP contribution is -2.00. The Morgan fingerprint density at radius 3 is 2.65 bits per heavy atom. The maximum atomic E-state index is 10.8. The van der Waals surface area contributed by atoms with Gasteiger partial charge in [-0.15, -0.1) is 0 Å². The number of phosphoric ester groups is 1. The molecule has 3 N–H and O–H groups in total. The van der Waals surface area contributed by atoms with E-state index in [9.17, 15) is 9.67 Å². The van der Waals surface area contributed by atoms with E-state index >= 15 is 0 Å². The summed E-state index contributed by atoms with van der Waals surface area (Å²) < 4.78 is 15.3. The smallest absolute Gasteiger partial charge is 0.469 e. The summed E-state index contributed by atoms with van der Waals surface area (Å²) in [6, 6.07) is 7.46. The molecule has 0 bridgehead atoms. The molecule has 7 nitrogen and oxygen atoms in total. The summed E-state index contributed by atoms with van der Waals surface area (Å²) in [6.45, 7) is 3.14. The standard InChI is InChI=1S/C15H17N2O5P/c1-10-5-3-4-6-14(10)17-8-13-12(9-22-23(19,20)21)7-16-11(2)15(13)18/h3-8,18H,9H2,1-2H3,(H2,19,20,21). The monoisotopic (exact) mass is 336 g/mol. The molecule has 2 rings (SSSR count). The fourth-order valence-corrected chi connectivity index (χ4v) is 2.21. The van der Waals surface area contributed by atoms with Gasteiger partial charge in [-0.1, -0.05) is 18.2 Å². The van der Waals surface area contributed by atoms with Crippen molar-refractivity contribution in [2.24, 2.45) is 4.99 Å². The molecule has 0 radical (unpaired) electrons. The molecule has 0 saturated carbocycles. The Bertz CT molecular complexity index is 785. The Morgan fingerprint density at radius 2 is 2.00 bits per heavy atom. The van der Waals surface area contributed by atoms with E-state index in [4.69, 9.17) is 9.79 Å². The maximum absolute atomic E-state index is 10.8. The van der Waals surface area contributed by atoms with Gasteiger partial charge in [-0.25, -0.2) is 4.57 Å². The van der Waals surface area contributed by atoms with Crippen molar-refractivity contribution in [3.05, 3.63) is 52.8 Å². The van der Waals surface area contributed by atoms with Crippen LogP contribution in [0.1, 0.15) is 22.4 Å². The van der Waals surface area contributed by atoms with Gasteiger partial charge in [0.2, 0.25) is 0 Å². The highest BCUT2D eigenvalue weighted by Crippen LogP contribution is 2.37. The van der Waals surface area contributed by atoms with Gasteiger partial charge in [-0.05, 0) is 25.5 Å². The second-order valence-electron chi connectivity index (χ2n) is 4.94. The predicted molar refractivity (Wildman–Crippen MR) is 85.9 cm³/mol. The highest BCUT2D eigenvalue weighted by molar-refractivity contribution is 7.46. The zero-order valence-electron chi connectivity index (χ0n) is 12.7. The molecule has 0 spiro atoms. The molecule has 8 heteroatoms.